The first-order chi connectivity index (χ1) is 10.0. The summed E-state index contributed by atoms with van der Waals surface area (Å²) in [4.78, 5) is 0. The van der Waals surface area contributed by atoms with E-state index in [0.29, 0.717) is 19.1 Å². The lowest BCUT2D eigenvalue weighted by atomic mass is 9.82. The van der Waals surface area contributed by atoms with Gasteiger partial charge in [0.25, 0.3) is 0 Å². The Labute approximate surface area is 133 Å². The highest BCUT2D eigenvalue weighted by molar-refractivity contribution is 8.55. The fourth-order valence-corrected chi connectivity index (χ4v) is 7.86. The van der Waals surface area contributed by atoms with E-state index in [0.717, 1.165) is 11.8 Å². The number of rotatable bonds is 7. The highest BCUT2D eigenvalue weighted by atomic mass is 32.7. The molecule has 0 bridgehead atoms. The maximum Gasteiger partial charge on any atom is 0.389 e. The second kappa shape index (κ2) is 7.83. The van der Waals surface area contributed by atoms with Gasteiger partial charge in [-0.25, -0.2) is 4.57 Å². The van der Waals surface area contributed by atoms with Crippen LogP contribution in [0, 0.1) is 5.92 Å². The van der Waals surface area contributed by atoms with Crippen molar-refractivity contribution in [3.63, 3.8) is 0 Å². The van der Waals surface area contributed by atoms with Gasteiger partial charge in [-0.15, -0.1) is 0 Å². The van der Waals surface area contributed by atoms with Gasteiger partial charge in [0.05, 0.1) is 39.4 Å². The highest BCUT2D eigenvalue weighted by Gasteiger charge is 2.44. The largest absolute Gasteiger partial charge is 0.389 e. The third-order valence-electron chi connectivity index (χ3n) is 5.03. The van der Waals surface area contributed by atoms with Gasteiger partial charge in [-0.3, -0.25) is 0 Å². The average molecular weight is 336 g/mol. The summed E-state index contributed by atoms with van der Waals surface area (Å²) in [5.74, 6) is 1.57. The van der Waals surface area contributed by atoms with E-state index in [-0.39, 0.29) is 0 Å². The average Bonchev–Trinajstić information content (AvgIpc) is 2.45. The Morgan fingerprint density at radius 1 is 1.10 bits per heavy atom. The summed E-state index contributed by atoms with van der Waals surface area (Å²) < 4.78 is 24.7. The van der Waals surface area contributed by atoms with Crippen molar-refractivity contribution in [1.29, 1.82) is 0 Å². The van der Waals surface area contributed by atoms with Gasteiger partial charge in [0.2, 0.25) is 0 Å². The van der Waals surface area contributed by atoms with Gasteiger partial charge in [-0.1, -0.05) is 0 Å². The first-order valence-corrected chi connectivity index (χ1v) is 11.5. The van der Waals surface area contributed by atoms with Gasteiger partial charge in [0.15, 0.2) is 0 Å². The van der Waals surface area contributed by atoms with Crippen molar-refractivity contribution in [1.82, 2.24) is 0 Å². The van der Waals surface area contributed by atoms with Crippen LogP contribution in [-0.2, 0) is 13.6 Å². The molecule has 2 saturated heterocycles. The monoisotopic (exact) mass is 336 g/mol. The summed E-state index contributed by atoms with van der Waals surface area (Å²) in [6.07, 6.45) is 6.61. The molecule has 0 N–H and O–H groups in total. The third kappa shape index (κ3) is 4.48. The zero-order chi connectivity index (χ0) is 15.3. The van der Waals surface area contributed by atoms with E-state index < -0.39 is 6.80 Å². The van der Waals surface area contributed by atoms with Crippen molar-refractivity contribution in [3.8, 4) is 0 Å². The minimum atomic E-state index is -2.95. The Balaban J connectivity index is 1.96. The summed E-state index contributed by atoms with van der Waals surface area (Å²) >= 11 is 1.44. The fourth-order valence-electron chi connectivity index (χ4n) is 4.04. The molecular weight excluding hydrogens is 305 g/mol. The summed E-state index contributed by atoms with van der Waals surface area (Å²) in [6, 6.07) is 0.747. The maximum atomic E-state index is 12.6. The van der Waals surface area contributed by atoms with Gasteiger partial charge in [-0.05, 0) is 57.3 Å². The van der Waals surface area contributed by atoms with Crippen LogP contribution in [0.1, 0.15) is 46.0 Å². The summed E-state index contributed by atoms with van der Waals surface area (Å²) in [5, 5.41) is 0. The Hall–Kier alpha value is 0.460. The SMILES string of the molecule is CCOP(=O)(OCC)SCC1CCC[N+]2(C)CCCCC12. The molecule has 0 saturated carbocycles. The van der Waals surface area contributed by atoms with Crippen molar-refractivity contribution >= 4 is 18.2 Å². The molecular formula is C15H31NO3PS+. The van der Waals surface area contributed by atoms with Gasteiger partial charge in [-0.2, -0.15) is 0 Å². The second-order valence-electron chi connectivity index (χ2n) is 6.47. The Bertz CT molecular complexity index is 368. The molecule has 3 atom stereocenters. The second-order valence-corrected chi connectivity index (χ2v) is 10.6. The van der Waals surface area contributed by atoms with E-state index in [9.17, 15) is 4.57 Å². The molecule has 4 nitrogen and oxygen atoms in total. The van der Waals surface area contributed by atoms with Crippen molar-refractivity contribution in [2.24, 2.45) is 5.92 Å². The van der Waals surface area contributed by atoms with Crippen LogP contribution in [0.5, 0.6) is 0 Å². The molecule has 2 aliphatic heterocycles. The molecule has 2 rings (SSSR count). The van der Waals surface area contributed by atoms with Crippen LogP contribution in [0.25, 0.3) is 0 Å². The zero-order valence-corrected chi connectivity index (χ0v) is 15.5. The Morgan fingerprint density at radius 2 is 1.76 bits per heavy atom. The molecule has 0 aromatic carbocycles. The number of piperidine rings is 2. The lowest BCUT2D eigenvalue weighted by Gasteiger charge is -2.51. The lowest BCUT2D eigenvalue weighted by Crippen LogP contribution is -2.61. The summed E-state index contributed by atoms with van der Waals surface area (Å²) in [6.45, 7) is 4.35. The molecule has 0 aromatic heterocycles. The van der Waals surface area contributed by atoms with E-state index in [1.807, 2.05) is 13.8 Å². The van der Waals surface area contributed by atoms with Gasteiger partial charge in [0, 0.05) is 11.7 Å². The molecule has 0 amide bonds. The molecule has 21 heavy (non-hydrogen) atoms. The number of nitrogens with zero attached hydrogens (tertiary/aromatic N) is 1. The van der Waals surface area contributed by atoms with Crippen LogP contribution in [0.15, 0.2) is 0 Å². The minimum absolute atomic E-state index is 0.451. The molecule has 0 aromatic rings. The third-order valence-corrected chi connectivity index (χ3v) is 9.10. The number of quaternary nitrogens is 1. The normalized spacial score (nSPS) is 33.7. The fraction of sp³-hybridized carbons (Fsp3) is 1.00. The molecule has 2 heterocycles. The standard InChI is InChI=1S/C15H31NO3PS/c1-4-18-20(17,19-5-2)21-13-14-9-8-12-16(3)11-7-6-10-15(14)16/h14-15H,4-13H2,1-3H3/q+1. The van der Waals surface area contributed by atoms with Crippen LogP contribution in [0.3, 0.4) is 0 Å². The topological polar surface area (TPSA) is 35.5 Å². The van der Waals surface area contributed by atoms with Crippen LogP contribution in [0.2, 0.25) is 0 Å². The van der Waals surface area contributed by atoms with Gasteiger partial charge >= 0.3 is 6.80 Å². The predicted molar refractivity (Wildman–Crippen MR) is 89.6 cm³/mol. The minimum Gasteiger partial charge on any atom is -0.323 e. The van der Waals surface area contributed by atoms with Crippen molar-refractivity contribution in [2.75, 3.05) is 39.1 Å². The van der Waals surface area contributed by atoms with Crippen molar-refractivity contribution in [3.05, 3.63) is 0 Å². The van der Waals surface area contributed by atoms with Crippen LogP contribution < -0.4 is 0 Å². The molecule has 2 fully saturated rings. The van der Waals surface area contributed by atoms with Gasteiger partial charge in [0.1, 0.15) is 0 Å². The maximum absolute atomic E-state index is 12.6. The molecule has 0 aliphatic carbocycles. The predicted octanol–water partition coefficient (Wildman–Crippen LogP) is 4.31. The quantitative estimate of drug-likeness (QED) is 0.513. The molecule has 0 spiro atoms. The van der Waals surface area contributed by atoms with Crippen LogP contribution >= 0.6 is 18.2 Å². The molecule has 0 radical (unpaired) electrons. The molecule has 2 aliphatic rings. The van der Waals surface area contributed by atoms with Crippen LogP contribution in [0.4, 0.5) is 0 Å². The van der Waals surface area contributed by atoms with E-state index >= 15 is 0 Å². The number of fused-ring (bicyclic) bond motifs is 1. The molecule has 3 unspecified atom stereocenters. The van der Waals surface area contributed by atoms with E-state index in [1.165, 1.54) is 61.1 Å². The van der Waals surface area contributed by atoms with Crippen molar-refractivity contribution < 1.29 is 18.1 Å². The van der Waals surface area contributed by atoms with E-state index in [2.05, 4.69) is 7.05 Å². The van der Waals surface area contributed by atoms with Gasteiger partial charge < -0.3 is 13.5 Å². The Kier molecular flexibility index (Phi) is 6.64. The number of hydrogen-bond donors (Lipinski definition) is 0. The summed E-state index contributed by atoms with van der Waals surface area (Å²) in [7, 11) is 2.42. The van der Waals surface area contributed by atoms with Crippen LogP contribution in [-0.4, -0.2) is 49.6 Å². The first kappa shape index (κ1) is 17.8. The van der Waals surface area contributed by atoms with Crippen molar-refractivity contribution in [2.45, 2.75) is 52.0 Å². The Morgan fingerprint density at radius 3 is 2.43 bits per heavy atom. The lowest BCUT2D eigenvalue weighted by molar-refractivity contribution is -0.946. The summed E-state index contributed by atoms with van der Waals surface area (Å²) in [5.41, 5.74) is 0. The zero-order valence-electron chi connectivity index (χ0n) is 13.8. The van der Waals surface area contributed by atoms with E-state index in [4.69, 9.17) is 9.05 Å². The van der Waals surface area contributed by atoms with E-state index in [1.54, 1.807) is 0 Å². The number of hydrogen-bond acceptors (Lipinski definition) is 4. The molecule has 6 heteroatoms. The first-order valence-electron chi connectivity index (χ1n) is 8.41. The smallest absolute Gasteiger partial charge is 0.323 e. The highest BCUT2D eigenvalue weighted by Crippen LogP contribution is 2.61. The molecule has 124 valence electrons.